The third-order valence-corrected chi connectivity index (χ3v) is 4.56. The Kier molecular flexibility index (Phi) is 7.32. The van der Waals surface area contributed by atoms with Crippen molar-refractivity contribution in [3.05, 3.63) is 43.9 Å². The maximum atomic E-state index is 11.8. The number of halogens is 2. The van der Waals surface area contributed by atoms with E-state index in [-0.39, 0.29) is 24.7 Å². The van der Waals surface area contributed by atoms with Crippen molar-refractivity contribution in [2.75, 3.05) is 13.7 Å². The normalized spacial score (nSPS) is 10.7. The quantitative estimate of drug-likeness (QED) is 0.476. The molecular formula is C16H14Br2N4O4. The van der Waals surface area contributed by atoms with E-state index in [0.717, 1.165) is 0 Å². The van der Waals surface area contributed by atoms with Gasteiger partial charge in [0, 0.05) is 17.1 Å². The molecule has 0 aliphatic rings. The van der Waals surface area contributed by atoms with Gasteiger partial charge in [-0.1, -0.05) is 0 Å². The first-order valence-corrected chi connectivity index (χ1v) is 8.83. The van der Waals surface area contributed by atoms with Crippen LogP contribution in [-0.4, -0.2) is 30.8 Å². The summed E-state index contributed by atoms with van der Waals surface area (Å²) in [5.74, 6) is 0.0278. The van der Waals surface area contributed by atoms with Crippen molar-refractivity contribution in [2.24, 2.45) is 5.10 Å². The minimum absolute atomic E-state index is 0.0642. The Morgan fingerprint density at radius 3 is 2.88 bits per heavy atom. The summed E-state index contributed by atoms with van der Waals surface area (Å²) >= 11 is 6.55. The number of hydrazone groups is 1. The Morgan fingerprint density at radius 1 is 1.50 bits per heavy atom. The van der Waals surface area contributed by atoms with E-state index in [1.54, 1.807) is 19.1 Å². The van der Waals surface area contributed by atoms with E-state index < -0.39 is 5.91 Å². The van der Waals surface area contributed by atoms with Crippen LogP contribution in [0.5, 0.6) is 5.88 Å². The number of nitrogens with one attached hydrogen (secondary N) is 1. The molecule has 0 spiro atoms. The van der Waals surface area contributed by atoms with Crippen LogP contribution in [0, 0.1) is 18.3 Å². The van der Waals surface area contributed by atoms with Crippen molar-refractivity contribution >= 4 is 44.0 Å². The lowest BCUT2D eigenvalue weighted by Gasteiger charge is -2.13. The number of hydrogen-bond acceptors (Lipinski definition) is 7. The molecule has 10 heteroatoms. The fourth-order valence-corrected chi connectivity index (χ4v) is 2.67. The summed E-state index contributed by atoms with van der Waals surface area (Å²) in [6, 6.07) is 5.42. The third-order valence-electron chi connectivity index (χ3n) is 3.08. The van der Waals surface area contributed by atoms with Gasteiger partial charge in [0.25, 0.3) is 5.91 Å². The molecule has 2 aromatic rings. The molecule has 0 saturated heterocycles. The first-order chi connectivity index (χ1) is 12.5. The molecule has 0 saturated carbocycles. The maximum Gasteiger partial charge on any atom is 0.278 e. The van der Waals surface area contributed by atoms with Crippen LogP contribution in [-0.2, 0) is 16.1 Å². The number of methoxy groups -OCH3 is 1. The van der Waals surface area contributed by atoms with Crippen molar-refractivity contribution in [1.29, 1.82) is 5.26 Å². The van der Waals surface area contributed by atoms with Crippen LogP contribution in [0.15, 0.2) is 30.8 Å². The molecule has 1 amide bonds. The fraction of sp³-hybridized carbons (Fsp3) is 0.250. The van der Waals surface area contributed by atoms with Gasteiger partial charge in [-0.3, -0.25) is 4.79 Å². The minimum atomic E-state index is -0.508. The predicted molar refractivity (Wildman–Crippen MR) is 99.7 cm³/mol. The summed E-state index contributed by atoms with van der Waals surface area (Å²) in [6.07, 6.45) is 1.35. The Labute approximate surface area is 166 Å². The van der Waals surface area contributed by atoms with E-state index in [9.17, 15) is 10.1 Å². The number of carbonyl (C=O) groups is 1. The highest BCUT2D eigenvalue weighted by Gasteiger charge is 2.18. The molecule has 0 unspecified atom stereocenters. The topological polar surface area (TPSA) is 110 Å². The number of nitrogens with zero attached hydrogens (tertiary/aromatic N) is 3. The highest BCUT2D eigenvalue weighted by Crippen LogP contribution is 2.29. The van der Waals surface area contributed by atoms with Crippen LogP contribution in [0.25, 0.3) is 0 Å². The molecule has 2 rings (SSSR count). The number of furan rings is 1. The van der Waals surface area contributed by atoms with E-state index >= 15 is 0 Å². The van der Waals surface area contributed by atoms with E-state index in [1.807, 2.05) is 6.07 Å². The molecule has 136 valence electrons. The largest absolute Gasteiger partial charge is 0.467 e. The SMILES string of the molecule is COCc1c(Br)c(C)nc(OCC(=O)N/N=C/c2ccc(Br)o2)c1C#N. The van der Waals surface area contributed by atoms with E-state index in [0.29, 0.717) is 26.2 Å². The molecule has 1 N–H and O–H groups in total. The molecule has 0 fully saturated rings. The van der Waals surface area contributed by atoms with E-state index in [4.69, 9.17) is 13.9 Å². The number of rotatable bonds is 7. The first-order valence-electron chi connectivity index (χ1n) is 7.24. The van der Waals surface area contributed by atoms with Crippen molar-refractivity contribution in [2.45, 2.75) is 13.5 Å². The molecule has 0 atom stereocenters. The fourth-order valence-electron chi connectivity index (χ4n) is 1.95. The Morgan fingerprint density at radius 2 is 2.27 bits per heavy atom. The maximum absolute atomic E-state index is 11.8. The lowest BCUT2D eigenvalue weighted by Crippen LogP contribution is -2.25. The second kappa shape index (κ2) is 9.47. The standard InChI is InChI=1S/C16H14Br2N4O4/c1-9-15(18)12(7-24-2)11(5-19)16(21-9)25-8-14(23)22-20-6-10-3-4-13(17)26-10/h3-4,6H,7-8H2,1-2H3,(H,22,23)/b20-6+. The predicted octanol–water partition coefficient (Wildman–Crippen LogP) is 3.06. The van der Waals surface area contributed by atoms with Gasteiger partial charge in [-0.15, -0.1) is 0 Å². The number of carbonyl (C=O) groups excluding carboxylic acids is 1. The average molecular weight is 486 g/mol. The van der Waals surface area contributed by atoms with Gasteiger partial charge in [-0.05, 0) is 50.9 Å². The molecule has 2 heterocycles. The number of pyridine rings is 1. The summed E-state index contributed by atoms with van der Waals surface area (Å²) < 4.78 is 16.9. The lowest BCUT2D eigenvalue weighted by atomic mass is 10.1. The summed E-state index contributed by atoms with van der Waals surface area (Å²) in [6.45, 7) is 1.61. The van der Waals surface area contributed by atoms with Gasteiger partial charge in [0.05, 0.1) is 18.5 Å². The third kappa shape index (κ3) is 5.14. The molecule has 2 aromatic heterocycles. The molecule has 26 heavy (non-hydrogen) atoms. The molecule has 0 aromatic carbocycles. The number of aromatic nitrogens is 1. The monoisotopic (exact) mass is 484 g/mol. The Balaban J connectivity index is 2.03. The molecule has 0 aliphatic carbocycles. The van der Waals surface area contributed by atoms with Gasteiger partial charge in [-0.2, -0.15) is 10.4 Å². The zero-order chi connectivity index (χ0) is 19.1. The van der Waals surface area contributed by atoms with Crippen LogP contribution in [0.4, 0.5) is 0 Å². The van der Waals surface area contributed by atoms with Crippen LogP contribution in [0.1, 0.15) is 22.6 Å². The van der Waals surface area contributed by atoms with Gasteiger partial charge in [0.1, 0.15) is 17.4 Å². The van der Waals surface area contributed by atoms with Gasteiger partial charge in [0.15, 0.2) is 11.3 Å². The molecular weight excluding hydrogens is 472 g/mol. The summed E-state index contributed by atoms with van der Waals surface area (Å²) in [5, 5.41) is 13.1. The summed E-state index contributed by atoms with van der Waals surface area (Å²) in [5.41, 5.74) is 3.74. The molecule has 0 bridgehead atoms. The summed E-state index contributed by atoms with van der Waals surface area (Å²) in [4.78, 5) is 16.0. The van der Waals surface area contributed by atoms with Crippen LogP contribution < -0.4 is 10.2 Å². The van der Waals surface area contributed by atoms with Crippen molar-refractivity contribution in [3.8, 4) is 11.9 Å². The second-order valence-corrected chi connectivity index (χ2v) is 6.51. The van der Waals surface area contributed by atoms with Gasteiger partial charge in [-0.25, -0.2) is 10.4 Å². The van der Waals surface area contributed by atoms with Gasteiger partial charge < -0.3 is 13.9 Å². The lowest BCUT2D eigenvalue weighted by molar-refractivity contribution is -0.123. The first kappa shape index (κ1) is 20.1. The Hall–Kier alpha value is -2.22. The van der Waals surface area contributed by atoms with Crippen molar-refractivity contribution in [1.82, 2.24) is 10.4 Å². The molecule has 8 nitrogen and oxygen atoms in total. The van der Waals surface area contributed by atoms with Gasteiger partial charge in [0.2, 0.25) is 5.88 Å². The highest BCUT2D eigenvalue weighted by atomic mass is 79.9. The van der Waals surface area contributed by atoms with Crippen LogP contribution in [0.3, 0.4) is 0 Å². The second-order valence-electron chi connectivity index (χ2n) is 4.94. The smallest absolute Gasteiger partial charge is 0.278 e. The summed E-state index contributed by atoms with van der Waals surface area (Å²) in [7, 11) is 1.52. The number of ether oxygens (including phenoxy) is 2. The van der Waals surface area contributed by atoms with Gasteiger partial charge >= 0.3 is 0 Å². The van der Waals surface area contributed by atoms with Crippen LogP contribution >= 0.6 is 31.9 Å². The highest BCUT2D eigenvalue weighted by molar-refractivity contribution is 9.10. The number of amides is 1. The van der Waals surface area contributed by atoms with E-state index in [2.05, 4.69) is 47.4 Å². The number of aryl methyl sites for hydroxylation is 1. The zero-order valence-corrected chi connectivity index (χ0v) is 17.0. The van der Waals surface area contributed by atoms with Crippen molar-refractivity contribution < 1.29 is 18.7 Å². The van der Waals surface area contributed by atoms with E-state index in [1.165, 1.54) is 13.3 Å². The average Bonchev–Trinajstić information content (AvgIpc) is 3.02. The minimum Gasteiger partial charge on any atom is -0.467 e. The van der Waals surface area contributed by atoms with Crippen molar-refractivity contribution in [3.63, 3.8) is 0 Å². The van der Waals surface area contributed by atoms with Crippen LogP contribution in [0.2, 0.25) is 0 Å². The zero-order valence-electron chi connectivity index (χ0n) is 13.9. The Bertz CT molecular complexity index is 874. The molecule has 0 radical (unpaired) electrons. The number of hydrogen-bond donors (Lipinski definition) is 1. The molecule has 0 aliphatic heterocycles. The number of nitriles is 1.